The molecule has 0 aliphatic heterocycles. The smallest absolute Gasteiger partial charge is 0.0797 e. The zero-order valence-electron chi connectivity index (χ0n) is 12.5. The van der Waals surface area contributed by atoms with E-state index in [1.807, 2.05) is 12.4 Å². The second kappa shape index (κ2) is 7.75. The molecule has 1 heterocycles. The lowest BCUT2D eigenvalue weighted by atomic mass is 9.78. The summed E-state index contributed by atoms with van der Waals surface area (Å²) in [6, 6.07) is 2.44. The topological polar surface area (TPSA) is 45.9 Å². The van der Waals surface area contributed by atoms with Crippen LogP contribution in [0.3, 0.4) is 0 Å². The molecule has 3 atom stereocenters. The Kier molecular flexibility index (Phi) is 6.00. The van der Waals surface area contributed by atoms with E-state index in [2.05, 4.69) is 18.0 Å². The number of rotatable bonds is 6. The Balaban J connectivity index is 1.82. The lowest BCUT2D eigenvalue weighted by Gasteiger charge is -2.32. The van der Waals surface area contributed by atoms with Crippen LogP contribution in [0.15, 0.2) is 5.51 Å². The molecule has 0 bridgehead atoms. The Hall–Kier alpha value is -0.920. The van der Waals surface area contributed by atoms with Crippen molar-refractivity contribution >= 4 is 11.3 Å². The molecule has 3 nitrogen and oxygen atoms in total. The van der Waals surface area contributed by atoms with E-state index in [4.69, 9.17) is 4.74 Å². The maximum atomic E-state index is 9.27. The molecule has 20 heavy (non-hydrogen) atoms. The highest BCUT2D eigenvalue weighted by Gasteiger charge is 2.30. The van der Waals surface area contributed by atoms with E-state index in [1.54, 1.807) is 11.3 Å². The summed E-state index contributed by atoms with van der Waals surface area (Å²) < 4.78 is 6.05. The molecule has 2 rings (SSSR count). The Morgan fingerprint density at radius 2 is 2.35 bits per heavy atom. The highest BCUT2D eigenvalue weighted by molar-refractivity contribution is 7.09. The van der Waals surface area contributed by atoms with Crippen molar-refractivity contribution in [3.63, 3.8) is 0 Å². The van der Waals surface area contributed by atoms with Gasteiger partial charge in [0.2, 0.25) is 0 Å². The van der Waals surface area contributed by atoms with Crippen LogP contribution < -0.4 is 0 Å². The first kappa shape index (κ1) is 15.5. The average Bonchev–Trinajstić information content (AvgIpc) is 2.85. The van der Waals surface area contributed by atoms with Gasteiger partial charge in [-0.05, 0) is 32.1 Å². The number of nitriles is 1. The van der Waals surface area contributed by atoms with Gasteiger partial charge in [0, 0.05) is 11.3 Å². The zero-order valence-corrected chi connectivity index (χ0v) is 13.3. The second-order valence-corrected chi connectivity index (χ2v) is 6.66. The molecule has 3 unspecified atom stereocenters. The van der Waals surface area contributed by atoms with Gasteiger partial charge in [0.1, 0.15) is 0 Å². The fourth-order valence-corrected chi connectivity index (χ4v) is 3.85. The van der Waals surface area contributed by atoms with E-state index < -0.39 is 0 Å². The SMILES string of the molecule is CCCC1CCC(C#N)C(OCCc2scnc2C)C1. The monoisotopic (exact) mass is 292 g/mol. The van der Waals surface area contributed by atoms with Crippen LogP contribution >= 0.6 is 11.3 Å². The van der Waals surface area contributed by atoms with Crippen LogP contribution in [0.25, 0.3) is 0 Å². The number of ether oxygens (including phenoxy) is 1. The first-order valence-corrected chi connectivity index (χ1v) is 8.52. The van der Waals surface area contributed by atoms with E-state index in [1.165, 1.54) is 24.1 Å². The minimum Gasteiger partial charge on any atom is -0.376 e. The molecule has 1 aromatic heterocycles. The Bertz CT molecular complexity index is 452. The quantitative estimate of drug-likeness (QED) is 0.792. The molecule has 0 N–H and O–H groups in total. The molecule has 1 fully saturated rings. The largest absolute Gasteiger partial charge is 0.376 e. The third kappa shape index (κ3) is 4.04. The highest BCUT2D eigenvalue weighted by atomic mass is 32.1. The first-order chi connectivity index (χ1) is 9.74. The molecule has 0 aromatic carbocycles. The van der Waals surface area contributed by atoms with E-state index >= 15 is 0 Å². The van der Waals surface area contributed by atoms with Gasteiger partial charge in [-0.2, -0.15) is 5.26 Å². The van der Waals surface area contributed by atoms with Crippen LogP contribution in [-0.4, -0.2) is 17.7 Å². The summed E-state index contributed by atoms with van der Waals surface area (Å²) in [6.45, 7) is 4.99. The van der Waals surface area contributed by atoms with Crippen molar-refractivity contribution < 1.29 is 4.74 Å². The van der Waals surface area contributed by atoms with Gasteiger partial charge in [0.15, 0.2) is 0 Å². The summed E-state index contributed by atoms with van der Waals surface area (Å²) in [5.74, 6) is 0.838. The maximum Gasteiger partial charge on any atom is 0.0797 e. The molecular formula is C16H24N2OS. The Morgan fingerprint density at radius 1 is 1.50 bits per heavy atom. The number of hydrogen-bond acceptors (Lipinski definition) is 4. The summed E-state index contributed by atoms with van der Waals surface area (Å²) >= 11 is 1.70. The molecule has 0 saturated heterocycles. The molecule has 1 aliphatic carbocycles. The molecule has 1 aliphatic rings. The number of nitrogens with zero attached hydrogens (tertiary/aromatic N) is 2. The van der Waals surface area contributed by atoms with E-state index in [9.17, 15) is 5.26 Å². The first-order valence-electron chi connectivity index (χ1n) is 7.64. The van der Waals surface area contributed by atoms with Gasteiger partial charge < -0.3 is 4.74 Å². The van der Waals surface area contributed by atoms with Gasteiger partial charge >= 0.3 is 0 Å². The van der Waals surface area contributed by atoms with E-state index in [0.717, 1.165) is 30.9 Å². The van der Waals surface area contributed by atoms with Crippen LogP contribution in [0, 0.1) is 30.1 Å². The minimum absolute atomic E-state index is 0.0886. The third-order valence-corrected chi connectivity index (χ3v) is 5.26. The van der Waals surface area contributed by atoms with Crippen molar-refractivity contribution in [3.8, 4) is 6.07 Å². The minimum atomic E-state index is 0.0886. The van der Waals surface area contributed by atoms with Gasteiger partial charge in [-0.25, -0.2) is 4.98 Å². The molecule has 1 aromatic rings. The molecule has 4 heteroatoms. The predicted molar refractivity (Wildman–Crippen MR) is 81.6 cm³/mol. The molecule has 0 amide bonds. The lowest BCUT2D eigenvalue weighted by Crippen LogP contribution is -2.31. The van der Waals surface area contributed by atoms with Gasteiger partial charge in [-0.1, -0.05) is 19.8 Å². The second-order valence-electron chi connectivity index (χ2n) is 5.72. The predicted octanol–water partition coefficient (Wildman–Crippen LogP) is 4.12. The third-order valence-electron chi connectivity index (χ3n) is 4.27. The fourth-order valence-electron chi connectivity index (χ4n) is 3.08. The standard InChI is InChI=1S/C16H24N2OS/c1-3-4-13-5-6-14(10-17)15(9-13)19-8-7-16-12(2)18-11-20-16/h11,13-15H,3-9H2,1-2H3. The number of aromatic nitrogens is 1. The summed E-state index contributed by atoms with van der Waals surface area (Å²) in [7, 11) is 0. The number of aryl methyl sites for hydroxylation is 1. The van der Waals surface area contributed by atoms with E-state index in [-0.39, 0.29) is 12.0 Å². The van der Waals surface area contributed by atoms with Crippen molar-refractivity contribution in [1.82, 2.24) is 4.98 Å². The fraction of sp³-hybridized carbons (Fsp3) is 0.750. The van der Waals surface area contributed by atoms with E-state index in [0.29, 0.717) is 6.61 Å². The Labute approximate surface area is 126 Å². The van der Waals surface area contributed by atoms with Gasteiger partial charge in [-0.15, -0.1) is 11.3 Å². The summed E-state index contributed by atoms with van der Waals surface area (Å²) in [5.41, 5.74) is 3.00. The van der Waals surface area contributed by atoms with Crippen molar-refractivity contribution in [2.24, 2.45) is 11.8 Å². The van der Waals surface area contributed by atoms with Crippen LogP contribution in [0.5, 0.6) is 0 Å². The van der Waals surface area contributed by atoms with Crippen LogP contribution in [0.1, 0.15) is 49.6 Å². The number of hydrogen-bond donors (Lipinski definition) is 0. The van der Waals surface area contributed by atoms with Crippen LogP contribution in [0.4, 0.5) is 0 Å². The van der Waals surface area contributed by atoms with Crippen molar-refractivity contribution in [3.05, 3.63) is 16.1 Å². The molecular weight excluding hydrogens is 268 g/mol. The Morgan fingerprint density at radius 3 is 3.00 bits per heavy atom. The normalized spacial score (nSPS) is 26.4. The number of thiazole rings is 1. The maximum absolute atomic E-state index is 9.27. The highest BCUT2D eigenvalue weighted by Crippen LogP contribution is 2.33. The molecule has 1 saturated carbocycles. The van der Waals surface area contributed by atoms with Gasteiger partial charge in [0.25, 0.3) is 0 Å². The average molecular weight is 292 g/mol. The lowest BCUT2D eigenvalue weighted by molar-refractivity contribution is -0.00914. The molecule has 0 radical (unpaired) electrons. The zero-order chi connectivity index (χ0) is 14.4. The van der Waals surface area contributed by atoms with Crippen molar-refractivity contribution in [1.29, 1.82) is 5.26 Å². The van der Waals surface area contributed by atoms with Crippen LogP contribution in [-0.2, 0) is 11.2 Å². The van der Waals surface area contributed by atoms with Crippen molar-refractivity contribution in [2.75, 3.05) is 6.61 Å². The van der Waals surface area contributed by atoms with Gasteiger partial charge in [-0.3, -0.25) is 0 Å². The van der Waals surface area contributed by atoms with Crippen molar-refractivity contribution in [2.45, 2.75) is 58.5 Å². The van der Waals surface area contributed by atoms with Gasteiger partial charge in [0.05, 0.1) is 35.9 Å². The molecule has 0 spiro atoms. The summed E-state index contributed by atoms with van der Waals surface area (Å²) in [6.07, 6.45) is 6.82. The van der Waals surface area contributed by atoms with Crippen LogP contribution in [0.2, 0.25) is 0 Å². The summed E-state index contributed by atoms with van der Waals surface area (Å²) in [5, 5.41) is 9.27. The molecule has 110 valence electrons. The summed E-state index contributed by atoms with van der Waals surface area (Å²) in [4.78, 5) is 5.57.